The number of amides is 2. The molecule has 3 rings (SSSR count). The molecule has 0 bridgehead atoms. The number of nitrogens with zero attached hydrogens (tertiary/aromatic N) is 2. The number of carbonyl (C=O) groups excluding carboxylic acids is 2. The quantitative estimate of drug-likeness (QED) is 0.834. The molecule has 2 aliphatic rings. The number of carbonyl (C=O) groups is 2. The van der Waals surface area contributed by atoms with E-state index in [0.717, 1.165) is 19.4 Å². The van der Waals surface area contributed by atoms with Gasteiger partial charge < -0.3 is 14.5 Å². The molecule has 5 heteroatoms. The van der Waals surface area contributed by atoms with E-state index >= 15 is 0 Å². The first-order valence-electron chi connectivity index (χ1n) is 8.82. The van der Waals surface area contributed by atoms with Crippen LogP contribution in [0.2, 0.25) is 0 Å². The van der Waals surface area contributed by atoms with Gasteiger partial charge in [-0.2, -0.15) is 0 Å². The first-order valence-corrected chi connectivity index (χ1v) is 8.82. The summed E-state index contributed by atoms with van der Waals surface area (Å²) in [5.74, 6) is 0.977. The van der Waals surface area contributed by atoms with Crippen molar-refractivity contribution < 1.29 is 14.3 Å². The molecule has 1 atom stereocenters. The monoisotopic (exact) mass is 330 g/mol. The van der Waals surface area contributed by atoms with Crippen LogP contribution >= 0.6 is 0 Å². The SMILES string of the molecule is CC(C)CN1CCN(C(=O)c2ccccc2OC2CC2)C(C)C1=O. The summed E-state index contributed by atoms with van der Waals surface area (Å²) in [6.45, 7) is 7.92. The van der Waals surface area contributed by atoms with Gasteiger partial charge in [-0.05, 0) is 37.8 Å². The lowest BCUT2D eigenvalue weighted by atomic mass is 10.1. The lowest BCUT2D eigenvalue weighted by molar-refractivity contribution is -0.140. The van der Waals surface area contributed by atoms with Crippen LogP contribution in [0.25, 0.3) is 0 Å². The Bertz CT molecular complexity index is 625. The minimum Gasteiger partial charge on any atom is -0.490 e. The van der Waals surface area contributed by atoms with E-state index in [1.54, 1.807) is 11.0 Å². The second-order valence-corrected chi connectivity index (χ2v) is 7.17. The Morgan fingerprint density at radius 3 is 2.62 bits per heavy atom. The number of hydrogen-bond acceptors (Lipinski definition) is 3. The molecule has 1 unspecified atom stereocenters. The highest BCUT2D eigenvalue weighted by atomic mass is 16.5. The smallest absolute Gasteiger partial charge is 0.258 e. The summed E-state index contributed by atoms with van der Waals surface area (Å²) in [6, 6.07) is 6.92. The fourth-order valence-electron chi connectivity index (χ4n) is 3.10. The minimum atomic E-state index is -0.431. The molecule has 130 valence electrons. The van der Waals surface area contributed by atoms with E-state index in [9.17, 15) is 9.59 Å². The first kappa shape index (κ1) is 16.8. The van der Waals surface area contributed by atoms with Crippen LogP contribution in [0.1, 0.15) is 44.0 Å². The van der Waals surface area contributed by atoms with Crippen molar-refractivity contribution in [3.8, 4) is 5.75 Å². The van der Waals surface area contributed by atoms with Crippen molar-refractivity contribution >= 4 is 11.8 Å². The molecule has 1 saturated heterocycles. The van der Waals surface area contributed by atoms with Gasteiger partial charge in [-0.15, -0.1) is 0 Å². The first-order chi connectivity index (χ1) is 11.5. The largest absolute Gasteiger partial charge is 0.490 e. The molecule has 0 aromatic heterocycles. The van der Waals surface area contributed by atoms with Crippen LogP contribution in [0.15, 0.2) is 24.3 Å². The van der Waals surface area contributed by atoms with Crippen LogP contribution in [-0.4, -0.2) is 53.4 Å². The lowest BCUT2D eigenvalue weighted by Gasteiger charge is -2.40. The molecule has 2 fully saturated rings. The predicted octanol–water partition coefficient (Wildman–Crippen LogP) is 2.56. The number of piperazine rings is 1. The maximum absolute atomic E-state index is 13.0. The van der Waals surface area contributed by atoms with Crippen molar-refractivity contribution in [3.63, 3.8) is 0 Å². The Balaban J connectivity index is 1.75. The Hall–Kier alpha value is -2.04. The Kier molecular flexibility index (Phi) is 4.78. The third kappa shape index (κ3) is 3.55. The summed E-state index contributed by atoms with van der Waals surface area (Å²) in [5.41, 5.74) is 0.557. The summed E-state index contributed by atoms with van der Waals surface area (Å²) in [4.78, 5) is 29.1. The summed E-state index contributed by atoms with van der Waals surface area (Å²) < 4.78 is 5.86. The van der Waals surface area contributed by atoms with Gasteiger partial charge in [0.1, 0.15) is 11.8 Å². The van der Waals surface area contributed by atoms with E-state index in [-0.39, 0.29) is 17.9 Å². The average Bonchev–Trinajstić information content (AvgIpc) is 3.36. The van der Waals surface area contributed by atoms with Crippen LogP contribution in [-0.2, 0) is 4.79 Å². The number of rotatable bonds is 5. The maximum atomic E-state index is 13.0. The second-order valence-electron chi connectivity index (χ2n) is 7.17. The zero-order valence-electron chi connectivity index (χ0n) is 14.7. The Labute approximate surface area is 143 Å². The van der Waals surface area contributed by atoms with Gasteiger partial charge in [0.15, 0.2) is 0 Å². The number of benzene rings is 1. The van der Waals surface area contributed by atoms with Gasteiger partial charge in [0.25, 0.3) is 5.91 Å². The van der Waals surface area contributed by atoms with Crippen molar-refractivity contribution in [2.24, 2.45) is 5.92 Å². The number of hydrogen-bond donors (Lipinski definition) is 0. The van der Waals surface area contributed by atoms with E-state index in [1.165, 1.54) is 0 Å². The standard InChI is InChI=1S/C19H26N2O3/c1-13(2)12-20-10-11-21(14(3)18(20)22)19(23)16-6-4-5-7-17(16)24-15-8-9-15/h4-7,13-15H,8-12H2,1-3H3. The average molecular weight is 330 g/mol. The maximum Gasteiger partial charge on any atom is 0.258 e. The summed E-state index contributed by atoms with van der Waals surface area (Å²) in [5, 5.41) is 0. The molecule has 0 spiro atoms. The van der Waals surface area contributed by atoms with Gasteiger partial charge >= 0.3 is 0 Å². The summed E-state index contributed by atoms with van der Waals surface area (Å²) in [6.07, 6.45) is 2.33. The predicted molar refractivity (Wildman–Crippen MR) is 92.0 cm³/mol. The molecular formula is C19H26N2O3. The van der Waals surface area contributed by atoms with Crippen LogP contribution in [0.4, 0.5) is 0 Å². The molecular weight excluding hydrogens is 304 g/mol. The van der Waals surface area contributed by atoms with Gasteiger partial charge in [-0.1, -0.05) is 26.0 Å². The molecule has 1 saturated carbocycles. The molecule has 5 nitrogen and oxygen atoms in total. The third-order valence-corrected chi connectivity index (χ3v) is 4.53. The van der Waals surface area contributed by atoms with Crippen LogP contribution < -0.4 is 4.74 Å². The molecule has 0 N–H and O–H groups in total. The second kappa shape index (κ2) is 6.83. The molecule has 1 aromatic carbocycles. The molecule has 2 amide bonds. The topological polar surface area (TPSA) is 49.9 Å². The highest BCUT2D eigenvalue weighted by Gasteiger charge is 2.36. The fraction of sp³-hybridized carbons (Fsp3) is 0.579. The Morgan fingerprint density at radius 2 is 1.96 bits per heavy atom. The number of para-hydroxylation sites is 1. The minimum absolute atomic E-state index is 0.0314. The van der Waals surface area contributed by atoms with Crippen LogP contribution in [0.5, 0.6) is 5.75 Å². The molecule has 1 aliphatic carbocycles. The van der Waals surface area contributed by atoms with E-state index < -0.39 is 6.04 Å². The van der Waals surface area contributed by atoms with Crippen molar-refractivity contribution in [2.45, 2.75) is 45.8 Å². The molecule has 24 heavy (non-hydrogen) atoms. The van der Waals surface area contributed by atoms with Gasteiger partial charge in [0.05, 0.1) is 11.7 Å². The zero-order valence-corrected chi connectivity index (χ0v) is 14.7. The van der Waals surface area contributed by atoms with Crippen LogP contribution in [0, 0.1) is 5.92 Å². The Morgan fingerprint density at radius 1 is 1.25 bits per heavy atom. The molecule has 1 aromatic rings. The van der Waals surface area contributed by atoms with Crippen molar-refractivity contribution in [3.05, 3.63) is 29.8 Å². The van der Waals surface area contributed by atoms with Gasteiger partial charge in [-0.25, -0.2) is 0 Å². The van der Waals surface area contributed by atoms with E-state index in [1.807, 2.05) is 30.0 Å². The summed E-state index contributed by atoms with van der Waals surface area (Å²) in [7, 11) is 0. The van der Waals surface area contributed by atoms with E-state index in [2.05, 4.69) is 13.8 Å². The van der Waals surface area contributed by atoms with Crippen molar-refractivity contribution in [2.75, 3.05) is 19.6 Å². The molecule has 1 aliphatic heterocycles. The summed E-state index contributed by atoms with van der Waals surface area (Å²) >= 11 is 0. The van der Waals surface area contributed by atoms with Gasteiger partial charge in [0, 0.05) is 19.6 Å². The highest BCUT2D eigenvalue weighted by molar-refractivity contribution is 6.00. The lowest BCUT2D eigenvalue weighted by Crippen LogP contribution is -2.58. The van der Waals surface area contributed by atoms with Gasteiger partial charge in [0.2, 0.25) is 5.91 Å². The van der Waals surface area contributed by atoms with E-state index in [4.69, 9.17) is 4.74 Å². The highest BCUT2D eigenvalue weighted by Crippen LogP contribution is 2.30. The van der Waals surface area contributed by atoms with Crippen LogP contribution in [0.3, 0.4) is 0 Å². The molecule has 0 radical (unpaired) electrons. The number of ether oxygens (including phenoxy) is 1. The van der Waals surface area contributed by atoms with E-state index in [0.29, 0.717) is 30.3 Å². The third-order valence-electron chi connectivity index (χ3n) is 4.53. The van der Waals surface area contributed by atoms with Crippen molar-refractivity contribution in [1.29, 1.82) is 0 Å². The molecule has 1 heterocycles. The fourth-order valence-corrected chi connectivity index (χ4v) is 3.10. The zero-order chi connectivity index (χ0) is 17.3. The van der Waals surface area contributed by atoms with Gasteiger partial charge in [-0.3, -0.25) is 9.59 Å². The van der Waals surface area contributed by atoms with Crippen molar-refractivity contribution in [1.82, 2.24) is 9.80 Å². The normalized spacial score (nSPS) is 21.3.